The van der Waals surface area contributed by atoms with Crippen molar-refractivity contribution in [3.05, 3.63) is 58.5 Å². The van der Waals surface area contributed by atoms with Crippen LogP contribution in [0.3, 0.4) is 0 Å². The van der Waals surface area contributed by atoms with E-state index in [1.54, 1.807) is 19.1 Å². The molecule has 0 fully saturated rings. The predicted octanol–water partition coefficient (Wildman–Crippen LogP) is 3.70. The molecule has 2 aromatic rings. The van der Waals surface area contributed by atoms with Crippen molar-refractivity contribution < 1.29 is 18.7 Å². The summed E-state index contributed by atoms with van der Waals surface area (Å²) < 4.78 is 25.6. The number of nitrogens with zero attached hydrogens (tertiary/aromatic N) is 2. The van der Waals surface area contributed by atoms with Crippen molar-refractivity contribution in [3.8, 4) is 17.0 Å². The monoisotopic (exact) mass is 460 g/mol. The molecule has 0 unspecified atom stereocenters. The number of carbonyl (C=O) groups excluding carboxylic acids is 1. The number of halogens is 2. The molecule has 1 aliphatic rings. The number of ether oxygens (including phenoxy) is 2. The van der Waals surface area contributed by atoms with Crippen LogP contribution in [0.5, 0.6) is 5.75 Å². The first-order valence-electron chi connectivity index (χ1n) is 10.1. The molecule has 9 heteroatoms. The van der Waals surface area contributed by atoms with Gasteiger partial charge in [0.2, 0.25) is 0 Å². The second-order valence-corrected chi connectivity index (χ2v) is 7.96. The summed E-state index contributed by atoms with van der Waals surface area (Å²) in [7, 11) is 3.79. The first-order valence-corrected chi connectivity index (χ1v) is 10.5. The molecule has 0 amide bonds. The van der Waals surface area contributed by atoms with Crippen LogP contribution in [0, 0.1) is 5.82 Å². The zero-order chi connectivity index (χ0) is 23.3. The SMILES string of the molecule is C/C(=C\C(=C/N)c1cc(-c2cc(Cl)ccc2F)nc2c1OCCN2)C(=O)OCCN(C)C. The van der Waals surface area contributed by atoms with Gasteiger partial charge in [-0.05, 0) is 51.4 Å². The minimum atomic E-state index is -0.459. The third-order valence-electron chi connectivity index (χ3n) is 4.77. The molecule has 0 spiro atoms. The number of aromatic nitrogens is 1. The summed E-state index contributed by atoms with van der Waals surface area (Å²) in [6.45, 7) is 3.51. The van der Waals surface area contributed by atoms with E-state index in [4.69, 9.17) is 26.8 Å². The largest absolute Gasteiger partial charge is 0.487 e. The number of rotatable bonds is 7. The normalized spacial score (nSPS) is 13.9. The number of carbonyl (C=O) groups is 1. The molecule has 2 heterocycles. The lowest BCUT2D eigenvalue weighted by Crippen LogP contribution is -2.21. The van der Waals surface area contributed by atoms with Crippen LogP contribution in [0.1, 0.15) is 12.5 Å². The molecule has 1 aromatic carbocycles. The summed E-state index contributed by atoms with van der Waals surface area (Å²) in [5.74, 6) is 0.0273. The maximum absolute atomic E-state index is 14.5. The highest BCUT2D eigenvalue weighted by Gasteiger charge is 2.22. The lowest BCUT2D eigenvalue weighted by molar-refractivity contribution is -0.139. The lowest BCUT2D eigenvalue weighted by Gasteiger charge is -2.23. The molecule has 32 heavy (non-hydrogen) atoms. The summed E-state index contributed by atoms with van der Waals surface area (Å²) >= 11 is 6.07. The van der Waals surface area contributed by atoms with Crippen LogP contribution in [0.25, 0.3) is 16.8 Å². The van der Waals surface area contributed by atoms with E-state index in [1.807, 2.05) is 19.0 Å². The number of nitrogens with one attached hydrogen (secondary N) is 1. The van der Waals surface area contributed by atoms with Gasteiger partial charge >= 0.3 is 5.97 Å². The van der Waals surface area contributed by atoms with Gasteiger partial charge in [0, 0.05) is 40.0 Å². The number of hydrogen-bond acceptors (Lipinski definition) is 7. The summed E-state index contributed by atoms with van der Waals surface area (Å²) in [6, 6.07) is 5.94. The van der Waals surface area contributed by atoms with E-state index in [9.17, 15) is 9.18 Å². The van der Waals surface area contributed by atoms with Crippen LogP contribution in [0.15, 0.2) is 42.1 Å². The van der Waals surface area contributed by atoms with Gasteiger partial charge in [-0.25, -0.2) is 14.2 Å². The first kappa shape index (κ1) is 23.6. The molecule has 0 saturated heterocycles. The van der Waals surface area contributed by atoms with E-state index >= 15 is 0 Å². The van der Waals surface area contributed by atoms with E-state index in [-0.39, 0.29) is 12.2 Å². The second kappa shape index (κ2) is 10.5. The number of hydrogen-bond donors (Lipinski definition) is 2. The highest BCUT2D eigenvalue weighted by Crippen LogP contribution is 2.39. The van der Waals surface area contributed by atoms with E-state index in [1.165, 1.54) is 24.4 Å². The van der Waals surface area contributed by atoms with Crippen molar-refractivity contribution >= 4 is 29.0 Å². The molecule has 7 nitrogen and oxygen atoms in total. The topological polar surface area (TPSA) is 89.7 Å². The van der Waals surface area contributed by atoms with Crippen LogP contribution in [-0.2, 0) is 9.53 Å². The third kappa shape index (κ3) is 5.57. The molecule has 3 rings (SSSR count). The Balaban J connectivity index is 2.01. The number of fused-ring (bicyclic) bond motifs is 1. The van der Waals surface area contributed by atoms with Gasteiger partial charge in [-0.2, -0.15) is 0 Å². The zero-order valence-corrected chi connectivity index (χ0v) is 19.0. The highest BCUT2D eigenvalue weighted by atomic mass is 35.5. The smallest absolute Gasteiger partial charge is 0.333 e. The minimum absolute atomic E-state index is 0.245. The standard InChI is InChI=1S/C23H26ClFN4O3/c1-14(23(30)32-9-7-29(2)3)10-15(13-26)17-12-20(18-11-16(24)4-5-19(18)25)28-22-21(17)31-8-6-27-22/h4-5,10-13H,6-9,26H2,1-3H3,(H,27,28)/b14-10+,15-13+. The van der Waals surface area contributed by atoms with Crippen molar-refractivity contribution in [3.63, 3.8) is 0 Å². The number of allylic oxidation sites excluding steroid dienone is 2. The summed E-state index contributed by atoms with van der Waals surface area (Å²) in [5, 5.41) is 3.55. The number of pyridine rings is 1. The highest BCUT2D eigenvalue weighted by molar-refractivity contribution is 6.30. The fourth-order valence-corrected chi connectivity index (χ4v) is 3.28. The van der Waals surface area contributed by atoms with Gasteiger partial charge in [-0.3, -0.25) is 0 Å². The van der Waals surface area contributed by atoms with Crippen LogP contribution in [0.4, 0.5) is 10.2 Å². The average Bonchev–Trinajstić information content (AvgIpc) is 2.77. The van der Waals surface area contributed by atoms with Gasteiger partial charge in [0.1, 0.15) is 19.0 Å². The van der Waals surface area contributed by atoms with Gasteiger partial charge < -0.3 is 25.4 Å². The van der Waals surface area contributed by atoms with E-state index in [2.05, 4.69) is 10.3 Å². The van der Waals surface area contributed by atoms with E-state index in [0.717, 1.165) is 0 Å². The molecule has 0 atom stereocenters. The van der Waals surface area contributed by atoms with Crippen molar-refractivity contribution in [1.82, 2.24) is 9.88 Å². The number of anilines is 1. The van der Waals surface area contributed by atoms with Crippen molar-refractivity contribution in [2.45, 2.75) is 6.92 Å². The van der Waals surface area contributed by atoms with Crippen LogP contribution in [-0.4, -0.2) is 56.3 Å². The Hall–Kier alpha value is -3.10. The summed E-state index contributed by atoms with van der Waals surface area (Å²) in [5.41, 5.74) is 7.96. The van der Waals surface area contributed by atoms with Crippen molar-refractivity contribution in [2.24, 2.45) is 5.73 Å². The Morgan fingerprint density at radius 1 is 1.41 bits per heavy atom. The molecule has 170 valence electrons. The number of nitrogens with two attached hydrogens (primary N) is 1. The van der Waals surface area contributed by atoms with Gasteiger partial charge in [0.05, 0.1) is 12.2 Å². The molecular formula is C23H26ClFN4O3. The quantitative estimate of drug-likeness (QED) is 0.370. The zero-order valence-electron chi connectivity index (χ0n) is 18.2. The summed E-state index contributed by atoms with van der Waals surface area (Å²) in [6.07, 6.45) is 2.98. The molecule has 0 aliphatic carbocycles. The molecule has 1 aromatic heterocycles. The Bertz CT molecular complexity index is 1070. The van der Waals surface area contributed by atoms with Gasteiger partial charge in [-0.1, -0.05) is 11.6 Å². The molecule has 1 aliphatic heterocycles. The molecule has 0 saturated carbocycles. The van der Waals surface area contributed by atoms with E-state index in [0.29, 0.717) is 58.7 Å². The Morgan fingerprint density at radius 2 is 2.19 bits per heavy atom. The average molecular weight is 461 g/mol. The van der Waals surface area contributed by atoms with Gasteiger partial charge in [0.25, 0.3) is 0 Å². The van der Waals surface area contributed by atoms with Gasteiger partial charge in [-0.15, -0.1) is 0 Å². The minimum Gasteiger partial charge on any atom is -0.487 e. The third-order valence-corrected chi connectivity index (χ3v) is 5.01. The van der Waals surface area contributed by atoms with Crippen molar-refractivity contribution in [2.75, 3.05) is 45.7 Å². The fourth-order valence-electron chi connectivity index (χ4n) is 3.11. The Morgan fingerprint density at radius 3 is 2.91 bits per heavy atom. The summed E-state index contributed by atoms with van der Waals surface area (Å²) in [4.78, 5) is 18.8. The number of benzene rings is 1. The molecular weight excluding hydrogens is 435 g/mol. The molecule has 0 bridgehead atoms. The molecule has 3 N–H and O–H groups in total. The van der Waals surface area contributed by atoms with E-state index < -0.39 is 11.8 Å². The van der Waals surface area contributed by atoms with Crippen LogP contribution < -0.4 is 15.8 Å². The number of esters is 1. The Kier molecular flexibility index (Phi) is 7.71. The first-order chi connectivity index (χ1) is 15.3. The second-order valence-electron chi connectivity index (χ2n) is 7.52. The lowest BCUT2D eigenvalue weighted by atomic mass is 10.00. The maximum Gasteiger partial charge on any atom is 0.333 e. The Labute approximate surface area is 191 Å². The molecule has 0 radical (unpaired) electrons. The fraction of sp³-hybridized carbons (Fsp3) is 0.304. The van der Waals surface area contributed by atoms with Crippen LogP contribution >= 0.6 is 11.6 Å². The van der Waals surface area contributed by atoms with Crippen LogP contribution in [0.2, 0.25) is 5.02 Å². The number of likely N-dealkylation sites (N-methyl/N-ethyl adjacent to an activating group) is 1. The van der Waals surface area contributed by atoms with Gasteiger partial charge in [0.15, 0.2) is 11.6 Å². The maximum atomic E-state index is 14.5. The predicted molar refractivity (Wildman–Crippen MR) is 124 cm³/mol. The van der Waals surface area contributed by atoms with Crippen molar-refractivity contribution in [1.29, 1.82) is 0 Å².